The van der Waals surface area contributed by atoms with E-state index >= 15 is 0 Å². The second kappa shape index (κ2) is 9.28. The van der Waals surface area contributed by atoms with Crippen LogP contribution in [0.5, 0.6) is 0 Å². The summed E-state index contributed by atoms with van der Waals surface area (Å²) in [7, 11) is 0. The van der Waals surface area contributed by atoms with Crippen molar-refractivity contribution in [3.63, 3.8) is 0 Å². The number of hydrogen-bond donors (Lipinski definition) is 3. The first kappa shape index (κ1) is 17.4. The van der Waals surface area contributed by atoms with E-state index in [0.29, 0.717) is 6.54 Å². The lowest BCUT2D eigenvalue weighted by Crippen LogP contribution is -2.42. The Hall–Kier alpha value is -1.69. The molecular weight excluding hydrogens is 288 g/mol. The van der Waals surface area contributed by atoms with Crippen LogP contribution in [-0.4, -0.2) is 35.2 Å². The van der Waals surface area contributed by atoms with Crippen molar-refractivity contribution in [1.82, 2.24) is 10.6 Å². The van der Waals surface area contributed by atoms with Crippen molar-refractivity contribution >= 4 is 23.8 Å². The summed E-state index contributed by atoms with van der Waals surface area (Å²) in [4.78, 5) is 22.7. The van der Waals surface area contributed by atoms with Crippen LogP contribution in [0.1, 0.15) is 24.5 Å². The molecule has 0 bridgehead atoms. The summed E-state index contributed by atoms with van der Waals surface area (Å²) in [5.41, 5.74) is 1.55. The maximum atomic E-state index is 11.8. The molecule has 0 saturated heterocycles. The zero-order valence-electron chi connectivity index (χ0n) is 12.4. The number of urea groups is 1. The maximum absolute atomic E-state index is 11.8. The summed E-state index contributed by atoms with van der Waals surface area (Å²) in [6.45, 7) is 2.36. The van der Waals surface area contributed by atoms with Crippen molar-refractivity contribution in [3.8, 4) is 0 Å². The van der Waals surface area contributed by atoms with Gasteiger partial charge in [-0.2, -0.15) is 11.8 Å². The molecule has 1 aromatic rings. The predicted octanol–water partition coefficient (Wildman–Crippen LogP) is 2.25. The van der Waals surface area contributed by atoms with E-state index in [1.807, 2.05) is 25.3 Å². The largest absolute Gasteiger partial charge is 0.481 e. The third-order valence-electron chi connectivity index (χ3n) is 3.10. The number of benzene rings is 1. The minimum Gasteiger partial charge on any atom is -0.481 e. The number of rotatable bonds is 8. The molecule has 1 rings (SSSR count). The van der Waals surface area contributed by atoms with Crippen LogP contribution in [0, 0.1) is 0 Å². The van der Waals surface area contributed by atoms with E-state index in [2.05, 4.69) is 10.6 Å². The number of thioether (sulfide) groups is 1. The molecule has 0 aliphatic heterocycles. The van der Waals surface area contributed by atoms with Gasteiger partial charge in [0.1, 0.15) is 0 Å². The van der Waals surface area contributed by atoms with Gasteiger partial charge in [-0.15, -0.1) is 0 Å². The molecule has 0 aliphatic carbocycles. The van der Waals surface area contributed by atoms with Crippen molar-refractivity contribution < 1.29 is 14.7 Å². The molecule has 116 valence electrons. The molecule has 0 aromatic heterocycles. The van der Waals surface area contributed by atoms with Crippen LogP contribution >= 0.6 is 11.8 Å². The fourth-order valence-electron chi connectivity index (χ4n) is 1.94. The monoisotopic (exact) mass is 310 g/mol. The summed E-state index contributed by atoms with van der Waals surface area (Å²) in [5.74, 6) is -0.00240. The first-order valence-corrected chi connectivity index (χ1v) is 8.28. The minimum absolute atomic E-state index is 0.0382. The zero-order chi connectivity index (χ0) is 15.7. The summed E-state index contributed by atoms with van der Waals surface area (Å²) in [6.07, 6.45) is 2.85. The van der Waals surface area contributed by atoms with Crippen molar-refractivity contribution in [2.24, 2.45) is 0 Å². The van der Waals surface area contributed by atoms with Gasteiger partial charge in [-0.05, 0) is 23.8 Å². The number of aliphatic carboxylic acids is 1. The highest BCUT2D eigenvalue weighted by atomic mass is 32.2. The molecule has 21 heavy (non-hydrogen) atoms. The van der Waals surface area contributed by atoms with Gasteiger partial charge < -0.3 is 15.7 Å². The maximum Gasteiger partial charge on any atom is 0.315 e. The lowest BCUT2D eigenvalue weighted by atomic mass is 10.0. The van der Waals surface area contributed by atoms with E-state index in [-0.39, 0.29) is 18.5 Å². The zero-order valence-corrected chi connectivity index (χ0v) is 13.2. The molecular formula is C15H22N2O3S. The second-order valence-electron chi connectivity index (χ2n) is 4.73. The molecule has 2 amide bonds. The molecule has 0 spiro atoms. The van der Waals surface area contributed by atoms with Crippen molar-refractivity contribution in [2.45, 2.75) is 32.4 Å². The van der Waals surface area contributed by atoms with Gasteiger partial charge in [0, 0.05) is 18.3 Å². The highest BCUT2D eigenvalue weighted by Gasteiger charge is 2.11. The lowest BCUT2D eigenvalue weighted by molar-refractivity contribution is -0.136. The van der Waals surface area contributed by atoms with Gasteiger partial charge in [0.2, 0.25) is 0 Å². The number of carboxylic acid groups (broad SMARTS) is 1. The number of hydrogen-bond acceptors (Lipinski definition) is 3. The van der Waals surface area contributed by atoms with E-state index in [1.54, 1.807) is 23.9 Å². The normalized spacial score (nSPS) is 11.7. The van der Waals surface area contributed by atoms with Crippen LogP contribution in [0.3, 0.4) is 0 Å². The molecule has 3 N–H and O–H groups in total. The van der Waals surface area contributed by atoms with Crippen LogP contribution in [0.25, 0.3) is 0 Å². The van der Waals surface area contributed by atoms with E-state index in [9.17, 15) is 9.59 Å². The van der Waals surface area contributed by atoms with E-state index < -0.39 is 5.97 Å². The van der Waals surface area contributed by atoms with Crippen LogP contribution in [0.4, 0.5) is 4.79 Å². The second-order valence-corrected chi connectivity index (χ2v) is 5.64. The van der Waals surface area contributed by atoms with Crippen LogP contribution < -0.4 is 10.6 Å². The molecule has 0 fully saturated rings. The average molecular weight is 310 g/mol. The molecule has 6 heteroatoms. The number of carboxylic acids is 1. The summed E-state index contributed by atoms with van der Waals surface area (Å²) >= 11 is 1.69. The fraction of sp³-hybridized carbons (Fsp3) is 0.467. The molecule has 5 nitrogen and oxygen atoms in total. The Balaban J connectivity index is 2.54. The molecule has 0 saturated carbocycles. The molecule has 0 aliphatic rings. The standard InChI is InChI=1S/C15H22N2O3S/c1-3-13(10-21-2)17-15(20)16-9-12-7-5-4-6-11(12)8-14(18)19/h4-7,13H,3,8-10H2,1-2H3,(H,18,19)(H2,16,17,20). The molecule has 1 unspecified atom stereocenters. The molecule has 0 heterocycles. The van der Waals surface area contributed by atoms with Gasteiger partial charge in [-0.25, -0.2) is 4.79 Å². The van der Waals surface area contributed by atoms with Gasteiger partial charge in [-0.1, -0.05) is 31.2 Å². The summed E-state index contributed by atoms with van der Waals surface area (Å²) in [5, 5.41) is 14.6. The van der Waals surface area contributed by atoms with Gasteiger partial charge in [0.15, 0.2) is 0 Å². The quantitative estimate of drug-likeness (QED) is 0.688. The summed E-state index contributed by atoms with van der Waals surface area (Å²) < 4.78 is 0. The van der Waals surface area contributed by atoms with Gasteiger partial charge in [0.05, 0.1) is 6.42 Å². The SMILES string of the molecule is CCC(CSC)NC(=O)NCc1ccccc1CC(=O)O. The number of amides is 2. The van der Waals surface area contributed by atoms with Gasteiger partial charge in [-0.3, -0.25) is 4.79 Å². The highest BCUT2D eigenvalue weighted by molar-refractivity contribution is 7.98. The van der Waals surface area contributed by atoms with E-state index in [0.717, 1.165) is 23.3 Å². The molecule has 0 radical (unpaired) electrons. The predicted molar refractivity (Wildman–Crippen MR) is 85.6 cm³/mol. The smallest absolute Gasteiger partial charge is 0.315 e. The minimum atomic E-state index is -0.877. The van der Waals surface area contributed by atoms with E-state index in [4.69, 9.17) is 5.11 Å². The van der Waals surface area contributed by atoms with E-state index in [1.165, 1.54) is 0 Å². The Kier molecular flexibility index (Phi) is 7.68. The van der Waals surface area contributed by atoms with Gasteiger partial charge in [0.25, 0.3) is 0 Å². The molecule has 1 aromatic carbocycles. The Morgan fingerprint density at radius 1 is 1.29 bits per heavy atom. The Morgan fingerprint density at radius 2 is 1.95 bits per heavy atom. The van der Waals surface area contributed by atoms with Crippen LogP contribution in [0.2, 0.25) is 0 Å². The average Bonchev–Trinajstić information content (AvgIpc) is 2.45. The van der Waals surface area contributed by atoms with Gasteiger partial charge >= 0.3 is 12.0 Å². The third kappa shape index (κ3) is 6.53. The fourth-order valence-corrected chi connectivity index (χ4v) is 2.66. The Morgan fingerprint density at radius 3 is 2.52 bits per heavy atom. The Bertz CT molecular complexity index is 480. The number of carbonyl (C=O) groups is 2. The first-order valence-electron chi connectivity index (χ1n) is 6.88. The van der Waals surface area contributed by atoms with Crippen LogP contribution in [0.15, 0.2) is 24.3 Å². The lowest BCUT2D eigenvalue weighted by Gasteiger charge is -2.17. The van der Waals surface area contributed by atoms with Crippen molar-refractivity contribution in [3.05, 3.63) is 35.4 Å². The number of carbonyl (C=O) groups excluding carboxylic acids is 1. The molecule has 1 atom stereocenters. The highest BCUT2D eigenvalue weighted by Crippen LogP contribution is 2.09. The first-order chi connectivity index (χ1) is 10.1. The summed E-state index contributed by atoms with van der Waals surface area (Å²) in [6, 6.07) is 7.16. The van der Waals surface area contributed by atoms with Crippen molar-refractivity contribution in [2.75, 3.05) is 12.0 Å². The van der Waals surface area contributed by atoms with Crippen molar-refractivity contribution in [1.29, 1.82) is 0 Å². The number of nitrogens with one attached hydrogen (secondary N) is 2. The Labute approximate surface area is 129 Å². The third-order valence-corrected chi connectivity index (χ3v) is 3.83. The van der Waals surface area contributed by atoms with Crippen LogP contribution in [-0.2, 0) is 17.8 Å². The topological polar surface area (TPSA) is 78.4 Å².